The summed E-state index contributed by atoms with van der Waals surface area (Å²) in [7, 11) is 0. The fourth-order valence-corrected chi connectivity index (χ4v) is 4.49. The van der Waals surface area contributed by atoms with Crippen LogP contribution in [0.5, 0.6) is 0 Å². The molecule has 1 amide bonds. The van der Waals surface area contributed by atoms with Crippen molar-refractivity contribution in [1.82, 2.24) is 4.90 Å². The first-order valence-corrected chi connectivity index (χ1v) is 9.58. The molecule has 1 aliphatic rings. The number of carbonyl (C=O) groups excluding carboxylic acids is 1. The molecule has 1 saturated heterocycles. The Kier molecular flexibility index (Phi) is 5.41. The van der Waals surface area contributed by atoms with Crippen LogP contribution in [0, 0.1) is 3.57 Å². The van der Waals surface area contributed by atoms with Crippen molar-refractivity contribution >= 4 is 40.3 Å². The molecular formula is C18H18INOS. The standard InChI is InChI=1S/C18H18INOS/c19-16-8-4-7-15(13-16)18(21)20-10-9-17(22-12-11-20)14-5-2-1-3-6-14/h1-8,13,17H,9-12H2. The summed E-state index contributed by atoms with van der Waals surface area (Å²) in [4.78, 5) is 14.7. The average Bonchev–Trinajstić information content (AvgIpc) is 2.81. The number of benzene rings is 2. The first-order chi connectivity index (χ1) is 10.7. The van der Waals surface area contributed by atoms with E-state index in [9.17, 15) is 4.79 Å². The molecule has 0 bridgehead atoms. The van der Waals surface area contributed by atoms with Crippen molar-refractivity contribution in [3.63, 3.8) is 0 Å². The summed E-state index contributed by atoms with van der Waals surface area (Å²) >= 11 is 4.21. The zero-order valence-electron chi connectivity index (χ0n) is 12.2. The van der Waals surface area contributed by atoms with Crippen molar-refractivity contribution in [2.45, 2.75) is 11.7 Å². The highest BCUT2D eigenvalue weighted by Gasteiger charge is 2.22. The van der Waals surface area contributed by atoms with E-state index in [0.717, 1.165) is 34.4 Å². The van der Waals surface area contributed by atoms with Crippen LogP contribution in [0.1, 0.15) is 27.6 Å². The second-order valence-corrected chi connectivity index (χ2v) is 7.92. The summed E-state index contributed by atoms with van der Waals surface area (Å²) in [6.07, 6.45) is 1.02. The van der Waals surface area contributed by atoms with E-state index in [2.05, 4.69) is 52.9 Å². The summed E-state index contributed by atoms with van der Waals surface area (Å²) in [5.74, 6) is 1.16. The molecule has 4 heteroatoms. The topological polar surface area (TPSA) is 20.3 Å². The van der Waals surface area contributed by atoms with Crippen molar-refractivity contribution in [2.75, 3.05) is 18.8 Å². The third-order valence-electron chi connectivity index (χ3n) is 3.87. The average molecular weight is 423 g/mol. The maximum Gasteiger partial charge on any atom is 0.253 e. The van der Waals surface area contributed by atoms with Gasteiger partial charge in [0.15, 0.2) is 0 Å². The van der Waals surface area contributed by atoms with Crippen LogP contribution in [-0.2, 0) is 0 Å². The lowest BCUT2D eigenvalue weighted by molar-refractivity contribution is 0.0766. The Labute approximate surface area is 149 Å². The molecule has 1 aliphatic heterocycles. The van der Waals surface area contributed by atoms with Crippen molar-refractivity contribution in [3.8, 4) is 0 Å². The van der Waals surface area contributed by atoms with Crippen molar-refractivity contribution in [3.05, 3.63) is 69.3 Å². The third-order valence-corrected chi connectivity index (χ3v) is 5.87. The molecule has 22 heavy (non-hydrogen) atoms. The fourth-order valence-electron chi connectivity index (χ4n) is 2.71. The maximum absolute atomic E-state index is 12.7. The number of hydrogen-bond acceptors (Lipinski definition) is 2. The Morgan fingerprint density at radius 2 is 1.91 bits per heavy atom. The molecule has 2 aromatic rings. The van der Waals surface area contributed by atoms with Gasteiger partial charge in [0.1, 0.15) is 0 Å². The van der Waals surface area contributed by atoms with E-state index in [0.29, 0.717) is 5.25 Å². The van der Waals surface area contributed by atoms with Crippen LogP contribution in [0.3, 0.4) is 0 Å². The Bertz CT molecular complexity index is 647. The second-order valence-electron chi connectivity index (χ2n) is 5.36. The number of hydrogen-bond donors (Lipinski definition) is 0. The van der Waals surface area contributed by atoms with Gasteiger partial charge in [-0.3, -0.25) is 4.79 Å². The molecule has 0 radical (unpaired) electrons. The van der Waals surface area contributed by atoms with Crippen LogP contribution in [0.4, 0.5) is 0 Å². The largest absolute Gasteiger partial charge is 0.338 e. The summed E-state index contributed by atoms with van der Waals surface area (Å²) in [6, 6.07) is 18.5. The van der Waals surface area contributed by atoms with E-state index in [1.165, 1.54) is 5.56 Å². The van der Waals surface area contributed by atoms with Gasteiger partial charge in [0, 0.05) is 33.2 Å². The van der Waals surface area contributed by atoms with Gasteiger partial charge in [-0.15, -0.1) is 0 Å². The summed E-state index contributed by atoms with van der Waals surface area (Å²) in [5.41, 5.74) is 2.17. The summed E-state index contributed by atoms with van der Waals surface area (Å²) in [5, 5.41) is 0.495. The highest BCUT2D eigenvalue weighted by molar-refractivity contribution is 14.1. The molecule has 0 spiro atoms. The van der Waals surface area contributed by atoms with Gasteiger partial charge in [-0.2, -0.15) is 11.8 Å². The molecular weight excluding hydrogens is 405 g/mol. The van der Waals surface area contributed by atoms with Crippen molar-refractivity contribution in [2.24, 2.45) is 0 Å². The lowest BCUT2D eigenvalue weighted by Crippen LogP contribution is -2.33. The molecule has 1 fully saturated rings. The van der Waals surface area contributed by atoms with Crippen LogP contribution in [0.25, 0.3) is 0 Å². The highest BCUT2D eigenvalue weighted by atomic mass is 127. The minimum atomic E-state index is 0.160. The smallest absolute Gasteiger partial charge is 0.253 e. The second kappa shape index (κ2) is 7.51. The quantitative estimate of drug-likeness (QED) is 0.658. The minimum absolute atomic E-state index is 0.160. The lowest BCUT2D eigenvalue weighted by Gasteiger charge is -2.20. The van der Waals surface area contributed by atoms with Crippen molar-refractivity contribution in [1.29, 1.82) is 0 Å². The predicted molar refractivity (Wildman–Crippen MR) is 101 cm³/mol. The van der Waals surface area contributed by atoms with Crippen LogP contribution >= 0.6 is 34.4 Å². The molecule has 114 valence electrons. The molecule has 1 atom stereocenters. The minimum Gasteiger partial charge on any atom is -0.338 e. The molecule has 0 aromatic heterocycles. The van der Waals surface area contributed by atoms with E-state index in [1.807, 2.05) is 40.9 Å². The Balaban J connectivity index is 1.69. The van der Waals surface area contributed by atoms with E-state index < -0.39 is 0 Å². The maximum atomic E-state index is 12.7. The summed E-state index contributed by atoms with van der Waals surface area (Å²) < 4.78 is 1.11. The number of carbonyl (C=O) groups is 1. The number of amides is 1. The zero-order valence-corrected chi connectivity index (χ0v) is 15.2. The van der Waals surface area contributed by atoms with E-state index in [4.69, 9.17) is 0 Å². The van der Waals surface area contributed by atoms with E-state index in [-0.39, 0.29) is 5.91 Å². The van der Waals surface area contributed by atoms with Gasteiger partial charge in [0.2, 0.25) is 0 Å². The van der Waals surface area contributed by atoms with Gasteiger partial charge >= 0.3 is 0 Å². The van der Waals surface area contributed by atoms with Gasteiger partial charge in [-0.25, -0.2) is 0 Å². The predicted octanol–water partition coefficient (Wildman–Crippen LogP) is 4.61. The molecule has 1 unspecified atom stereocenters. The van der Waals surface area contributed by atoms with Crippen LogP contribution < -0.4 is 0 Å². The van der Waals surface area contributed by atoms with E-state index in [1.54, 1.807) is 0 Å². The Morgan fingerprint density at radius 1 is 1.09 bits per heavy atom. The van der Waals surface area contributed by atoms with Gasteiger partial charge in [0.05, 0.1) is 0 Å². The molecule has 2 aromatic carbocycles. The molecule has 3 rings (SSSR count). The SMILES string of the molecule is O=C(c1cccc(I)c1)N1CCSC(c2ccccc2)CC1. The van der Waals surface area contributed by atoms with Gasteiger partial charge in [0.25, 0.3) is 5.91 Å². The van der Waals surface area contributed by atoms with Crippen LogP contribution in [0.2, 0.25) is 0 Å². The van der Waals surface area contributed by atoms with E-state index >= 15 is 0 Å². The molecule has 2 nitrogen and oxygen atoms in total. The van der Waals surface area contributed by atoms with Crippen molar-refractivity contribution < 1.29 is 4.79 Å². The number of nitrogens with zero attached hydrogens (tertiary/aromatic N) is 1. The van der Waals surface area contributed by atoms with Crippen LogP contribution in [0.15, 0.2) is 54.6 Å². The van der Waals surface area contributed by atoms with Gasteiger partial charge in [-0.1, -0.05) is 36.4 Å². The molecule has 0 N–H and O–H groups in total. The number of halogens is 1. The fraction of sp³-hybridized carbons (Fsp3) is 0.278. The molecule has 0 saturated carbocycles. The van der Waals surface area contributed by atoms with Crippen LogP contribution in [-0.4, -0.2) is 29.6 Å². The zero-order chi connectivity index (χ0) is 15.4. The molecule has 0 aliphatic carbocycles. The van der Waals surface area contributed by atoms with Gasteiger partial charge in [-0.05, 0) is 52.8 Å². The highest BCUT2D eigenvalue weighted by Crippen LogP contribution is 2.34. The number of rotatable bonds is 2. The first-order valence-electron chi connectivity index (χ1n) is 7.45. The lowest BCUT2D eigenvalue weighted by atomic mass is 10.1. The normalized spacial score (nSPS) is 18.8. The first kappa shape index (κ1) is 15.9. The number of thioether (sulfide) groups is 1. The monoisotopic (exact) mass is 423 g/mol. The third kappa shape index (κ3) is 3.84. The summed E-state index contributed by atoms with van der Waals surface area (Å²) in [6.45, 7) is 1.66. The molecule has 1 heterocycles. The van der Waals surface area contributed by atoms with Gasteiger partial charge < -0.3 is 4.90 Å². The Hall–Kier alpha value is -1.01. The Morgan fingerprint density at radius 3 is 2.68 bits per heavy atom.